The van der Waals surface area contributed by atoms with Crippen LogP contribution in [-0.2, 0) is 11.0 Å². The predicted octanol–water partition coefficient (Wildman–Crippen LogP) is 2.04. The highest BCUT2D eigenvalue weighted by molar-refractivity contribution is 9.09. The number of benzene rings is 1. The van der Waals surface area contributed by atoms with E-state index in [1.54, 1.807) is 0 Å². The molecule has 0 bridgehead atoms. The molecule has 0 saturated heterocycles. The molecule has 1 rings (SSSR count). The molecular formula is C11H9BrF4N2O2. The molecule has 0 radical (unpaired) electrons. The van der Waals surface area contributed by atoms with Gasteiger partial charge in [-0.15, -0.1) is 0 Å². The van der Waals surface area contributed by atoms with Gasteiger partial charge in [0.1, 0.15) is 5.82 Å². The van der Waals surface area contributed by atoms with Crippen LogP contribution in [0.15, 0.2) is 18.2 Å². The fraction of sp³-hybridized carbons (Fsp3) is 0.273. The molecule has 0 atom stereocenters. The molecule has 1 aromatic rings. The fourth-order valence-electron chi connectivity index (χ4n) is 1.34. The van der Waals surface area contributed by atoms with Gasteiger partial charge in [-0.3, -0.25) is 9.59 Å². The molecule has 110 valence electrons. The van der Waals surface area contributed by atoms with E-state index in [1.807, 2.05) is 5.32 Å². The summed E-state index contributed by atoms with van der Waals surface area (Å²) < 4.78 is 50.9. The Morgan fingerprint density at radius 2 is 1.85 bits per heavy atom. The number of alkyl halides is 4. The third-order valence-corrected chi connectivity index (χ3v) is 2.49. The molecule has 9 heteroatoms. The summed E-state index contributed by atoms with van der Waals surface area (Å²) in [5.74, 6) is -2.79. The van der Waals surface area contributed by atoms with E-state index in [9.17, 15) is 27.2 Å². The van der Waals surface area contributed by atoms with Gasteiger partial charge < -0.3 is 10.6 Å². The van der Waals surface area contributed by atoms with Crippen molar-refractivity contribution in [2.75, 3.05) is 12.0 Å². The van der Waals surface area contributed by atoms with Gasteiger partial charge in [0.15, 0.2) is 0 Å². The van der Waals surface area contributed by atoms with Gasteiger partial charge >= 0.3 is 6.18 Å². The zero-order valence-electron chi connectivity index (χ0n) is 9.85. The monoisotopic (exact) mass is 356 g/mol. The molecule has 0 aliphatic rings. The Balaban J connectivity index is 2.91. The maximum Gasteiger partial charge on any atom is 0.417 e. The van der Waals surface area contributed by atoms with Crippen LogP contribution in [0.25, 0.3) is 0 Å². The molecular weight excluding hydrogens is 348 g/mol. The number of halogens is 5. The minimum atomic E-state index is -4.87. The highest BCUT2D eigenvalue weighted by Gasteiger charge is 2.35. The summed E-state index contributed by atoms with van der Waals surface area (Å²) in [7, 11) is 0. The van der Waals surface area contributed by atoms with Gasteiger partial charge in [0, 0.05) is 0 Å². The number of carbonyl (C=O) groups excluding carboxylic acids is 2. The Morgan fingerprint density at radius 3 is 2.40 bits per heavy atom. The van der Waals surface area contributed by atoms with Crippen LogP contribution < -0.4 is 10.6 Å². The van der Waals surface area contributed by atoms with Crippen molar-refractivity contribution < 1.29 is 27.2 Å². The molecule has 2 amide bonds. The number of amides is 2. The van der Waals surface area contributed by atoms with E-state index in [1.165, 1.54) is 0 Å². The Labute approximate surface area is 119 Å². The summed E-state index contributed by atoms with van der Waals surface area (Å²) in [5.41, 5.74) is -1.99. The van der Waals surface area contributed by atoms with Crippen molar-refractivity contribution in [3.63, 3.8) is 0 Å². The minimum Gasteiger partial charge on any atom is -0.345 e. The highest BCUT2D eigenvalue weighted by Crippen LogP contribution is 2.32. The fourth-order valence-corrected chi connectivity index (χ4v) is 1.65. The van der Waals surface area contributed by atoms with Crippen LogP contribution in [0.4, 0.5) is 17.6 Å². The molecule has 0 aliphatic heterocycles. The molecule has 1 aromatic carbocycles. The third kappa shape index (κ3) is 4.48. The summed E-state index contributed by atoms with van der Waals surface area (Å²) in [6.07, 6.45) is -4.87. The quantitative estimate of drug-likeness (QED) is 0.492. The second-order valence-electron chi connectivity index (χ2n) is 3.60. The Bertz CT molecular complexity index is 520. The SMILES string of the molecule is O=C(CNC(=O)c1ccc(F)cc1C(F)(F)F)NCBr. The zero-order valence-corrected chi connectivity index (χ0v) is 11.4. The lowest BCUT2D eigenvalue weighted by Gasteiger charge is -2.12. The highest BCUT2D eigenvalue weighted by atomic mass is 79.9. The van der Waals surface area contributed by atoms with Crippen LogP contribution in [0.5, 0.6) is 0 Å². The van der Waals surface area contributed by atoms with Crippen molar-refractivity contribution in [1.29, 1.82) is 0 Å². The van der Waals surface area contributed by atoms with E-state index in [2.05, 4.69) is 21.2 Å². The first kappa shape index (κ1) is 16.4. The lowest BCUT2D eigenvalue weighted by molar-refractivity contribution is -0.138. The van der Waals surface area contributed by atoms with Crippen LogP contribution >= 0.6 is 15.9 Å². The van der Waals surface area contributed by atoms with E-state index in [-0.39, 0.29) is 11.5 Å². The van der Waals surface area contributed by atoms with Crippen LogP contribution in [0.2, 0.25) is 0 Å². The van der Waals surface area contributed by atoms with Crippen LogP contribution in [0.3, 0.4) is 0 Å². The number of hydrogen-bond acceptors (Lipinski definition) is 2. The number of rotatable bonds is 4. The topological polar surface area (TPSA) is 58.2 Å². The van der Waals surface area contributed by atoms with Crippen LogP contribution in [0.1, 0.15) is 15.9 Å². The van der Waals surface area contributed by atoms with Gasteiger partial charge in [0.25, 0.3) is 5.91 Å². The van der Waals surface area contributed by atoms with Crippen molar-refractivity contribution >= 4 is 27.7 Å². The van der Waals surface area contributed by atoms with E-state index in [4.69, 9.17) is 0 Å². The number of carbonyl (C=O) groups is 2. The maximum atomic E-state index is 12.9. The lowest BCUT2D eigenvalue weighted by Crippen LogP contribution is -2.37. The summed E-state index contributed by atoms with van der Waals surface area (Å²) in [4.78, 5) is 22.7. The smallest absolute Gasteiger partial charge is 0.345 e. The molecule has 0 heterocycles. The summed E-state index contributed by atoms with van der Waals surface area (Å²) in [6, 6.07) is 1.69. The molecule has 0 aliphatic carbocycles. The first-order chi connectivity index (χ1) is 9.25. The average molecular weight is 357 g/mol. The Hall–Kier alpha value is -1.64. The van der Waals surface area contributed by atoms with E-state index in [0.717, 1.165) is 12.1 Å². The summed E-state index contributed by atoms with van der Waals surface area (Å²) in [5, 5.41) is 4.31. The lowest BCUT2D eigenvalue weighted by atomic mass is 10.1. The maximum absolute atomic E-state index is 12.9. The van der Waals surface area contributed by atoms with Crippen molar-refractivity contribution in [2.24, 2.45) is 0 Å². The first-order valence-corrected chi connectivity index (χ1v) is 6.35. The molecule has 0 aromatic heterocycles. The van der Waals surface area contributed by atoms with Gasteiger partial charge in [-0.05, 0) is 18.2 Å². The van der Waals surface area contributed by atoms with Crippen molar-refractivity contribution in [2.45, 2.75) is 6.18 Å². The molecule has 0 fully saturated rings. The van der Waals surface area contributed by atoms with E-state index >= 15 is 0 Å². The van der Waals surface area contributed by atoms with Crippen molar-refractivity contribution in [3.8, 4) is 0 Å². The Kier molecular flexibility index (Phi) is 5.49. The van der Waals surface area contributed by atoms with Gasteiger partial charge in [-0.25, -0.2) is 4.39 Å². The summed E-state index contributed by atoms with van der Waals surface area (Å²) in [6.45, 7) is -0.487. The van der Waals surface area contributed by atoms with Crippen molar-refractivity contribution in [3.05, 3.63) is 35.1 Å². The van der Waals surface area contributed by atoms with Gasteiger partial charge in [-0.2, -0.15) is 13.2 Å². The van der Waals surface area contributed by atoms with Crippen LogP contribution in [-0.4, -0.2) is 23.8 Å². The third-order valence-electron chi connectivity index (χ3n) is 2.21. The van der Waals surface area contributed by atoms with Crippen molar-refractivity contribution in [1.82, 2.24) is 10.6 Å². The normalized spacial score (nSPS) is 11.1. The van der Waals surface area contributed by atoms with E-state index < -0.39 is 41.5 Å². The van der Waals surface area contributed by atoms with Gasteiger partial charge in [0.2, 0.25) is 5.91 Å². The number of hydrogen-bond donors (Lipinski definition) is 2. The zero-order chi connectivity index (χ0) is 15.3. The molecule has 0 spiro atoms. The van der Waals surface area contributed by atoms with E-state index in [0.29, 0.717) is 0 Å². The number of nitrogens with one attached hydrogen (secondary N) is 2. The standard InChI is InChI=1S/C11H9BrF4N2O2/c12-5-18-9(19)4-17-10(20)7-2-1-6(13)3-8(7)11(14,15)16/h1-3H,4-5H2,(H,17,20)(H,18,19). The second-order valence-corrected chi connectivity index (χ2v) is 4.16. The average Bonchev–Trinajstić information content (AvgIpc) is 2.35. The molecule has 0 saturated carbocycles. The largest absolute Gasteiger partial charge is 0.417 e. The van der Waals surface area contributed by atoms with Gasteiger partial charge in [0.05, 0.1) is 23.1 Å². The molecule has 20 heavy (non-hydrogen) atoms. The van der Waals surface area contributed by atoms with Gasteiger partial charge in [-0.1, -0.05) is 15.9 Å². The Morgan fingerprint density at radius 1 is 1.20 bits per heavy atom. The predicted molar refractivity (Wildman–Crippen MR) is 65.7 cm³/mol. The molecule has 2 N–H and O–H groups in total. The minimum absolute atomic E-state index is 0.145. The first-order valence-electron chi connectivity index (χ1n) is 5.23. The van der Waals surface area contributed by atoms with Crippen LogP contribution in [0, 0.1) is 5.82 Å². The summed E-state index contributed by atoms with van der Waals surface area (Å²) >= 11 is 2.91. The molecule has 4 nitrogen and oxygen atoms in total. The molecule has 0 unspecified atom stereocenters. The second kappa shape index (κ2) is 6.69.